The molecule has 0 saturated carbocycles. The van der Waals surface area contributed by atoms with E-state index < -0.39 is 60.2 Å². The Morgan fingerprint density at radius 2 is 1.70 bits per heavy atom. The van der Waals surface area contributed by atoms with Crippen molar-refractivity contribution in [1.29, 1.82) is 0 Å². The zero-order valence-corrected chi connectivity index (χ0v) is 22.0. The van der Waals surface area contributed by atoms with Crippen molar-refractivity contribution in [3.63, 3.8) is 0 Å². The van der Waals surface area contributed by atoms with Gasteiger partial charge in [0.1, 0.15) is 23.9 Å². The van der Waals surface area contributed by atoms with E-state index in [-0.39, 0.29) is 56.9 Å². The minimum atomic E-state index is -1.27. The number of hydrogen-bond acceptors (Lipinski definition) is 8. The number of nitrogens with two attached hydrogens (primary N) is 3. The highest BCUT2D eigenvalue weighted by atomic mass is 16.4. The van der Waals surface area contributed by atoms with Crippen LogP contribution in [0.25, 0.3) is 0 Å². The van der Waals surface area contributed by atoms with Crippen LogP contribution in [-0.2, 0) is 30.4 Å². The van der Waals surface area contributed by atoms with E-state index in [1.807, 2.05) is 0 Å². The molecule has 1 aliphatic heterocycles. The van der Waals surface area contributed by atoms with Crippen LogP contribution in [0, 0.1) is 0 Å². The second kappa shape index (κ2) is 15.3. The lowest BCUT2D eigenvalue weighted by Crippen LogP contribution is -2.57. The van der Waals surface area contributed by atoms with Gasteiger partial charge in [-0.05, 0) is 56.2 Å². The summed E-state index contributed by atoms with van der Waals surface area (Å²) >= 11 is 0. The second-order valence-corrected chi connectivity index (χ2v) is 9.51. The van der Waals surface area contributed by atoms with E-state index in [4.69, 9.17) is 22.3 Å². The first-order chi connectivity index (χ1) is 18.9. The molecule has 4 unspecified atom stereocenters. The largest absolute Gasteiger partial charge is 0.508 e. The molecule has 1 fully saturated rings. The fourth-order valence-corrected chi connectivity index (χ4v) is 4.31. The van der Waals surface area contributed by atoms with Gasteiger partial charge in [0.05, 0.1) is 6.04 Å². The van der Waals surface area contributed by atoms with Crippen LogP contribution < -0.4 is 27.8 Å². The van der Waals surface area contributed by atoms with Crippen LogP contribution >= 0.6 is 0 Å². The number of nitrogens with zero attached hydrogens (tertiary/aromatic N) is 2. The van der Waals surface area contributed by atoms with Gasteiger partial charge in [0.2, 0.25) is 17.7 Å². The molecule has 11 N–H and O–H groups in total. The van der Waals surface area contributed by atoms with E-state index in [0.29, 0.717) is 12.0 Å². The molecule has 3 amide bonds. The maximum Gasteiger partial charge on any atom is 0.326 e. The summed E-state index contributed by atoms with van der Waals surface area (Å²) in [5, 5.41) is 33.1. The average Bonchev–Trinajstić information content (AvgIpc) is 3.38. The molecular weight excluding hydrogens is 526 g/mol. The average molecular weight is 564 g/mol. The SMILES string of the molecule is NC(N)=NCCCC(NC(=O)C1CCCN1C(=O)C(CCC(=O)O)NC(=O)C(N)Cc1ccc(O)cc1)C(=O)O. The number of likely N-dealkylation sites (tertiary alicyclic amines) is 1. The Bertz CT molecular complexity index is 1090. The maximum atomic E-state index is 13.4. The summed E-state index contributed by atoms with van der Waals surface area (Å²) < 4.78 is 0. The molecule has 0 aromatic heterocycles. The van der Waals surface area contributed by atoms with Gasteiger partial charge in [-0.1, -0.05) is 12.1 Å². The molecule has 0 radical (unpaired) electrons. The number of carbonyl (C=O) groups excluding carboxylic acids is 3. The molecular formula is C25H37N7O8. The number of guanidine groups is 1. The van der Waals surface area contributed by atoms with Crippen molar-refractivity contribution in [2.24, 2.45) is 22.2 Å². The highest BCUT2D eigenvalue weighted by Gasteiger charge is 2.39. The number of hydrogen-bond donors (Lipinski definition) is 8. The summed E-state index contributed by atoms with van der Waals surface area (Å²) in [6.45, 7) is 0.341. The minimum Gasteiger partial charge on any atom is -0.508 e. The van der Waals surface area contributed by atoms with Crippen LogP contribution in [-0.4, -0.2) is 93.1 Å². The number of carboxylic acid groups (broad SMARTS) is 2. The zero-order chi connectivity index (χ0) is 29.8. The van der Waals surface area contributed by atoms with Gasteiger partial charge in [-0.25, -0.2) is 4.79 Å². The molecule has 1 aliphatic rings. The lowest BCUT2D eigenvalue weighted by molar-refractivity contribution is -0.145. The van der Waals surface area contributed by atoms with Crippen molar-refractivity contribution in [2.45, 2.75) is 69.1 Å². The van der Waals surface area contributed by atoms with Crippen molar-refractivity contribution >= 4 is 35.6 Å². The van der Waals surface area contributed by atoms with E-state index in [1.54, 1.807) is 12.1 Å². The van der Waals surface area contributed by atoms with Crippen LogP contribution in [0.15, 0.2) is 29.3 Å². The first kappa shape index (κ1) is 31.8. The maximum absolute atomic E-state index is 13.4. The van der Waals surface area contributed by atoms with Crippen molar-refractivity contribution < 1.29 is 39.3 Å². The monoisotopic (exact) mass is 563 g/mol. The molecule has 1 saturated heterocycles. The fraction of sp³-hybridized carbons (Fsp3) is 0.520. The lowest BCUT2D eigenvalue weighted by Gasteiger charge is -2.30. The summed E-state index contributed by atoms with van der Waals surface area (Å²) in [6.07, 6.45) is 0.486. The fourth-order valence-electron chi connectivity index (χ4n) is 4.31. The number of amides is 3. The Morgan fingerprint density at radius 1 is 1.02 bits per heavy atom. The third-order valence-electron chi connectivity index (χ3n) is 6.39. The summed E-state index contributed by atoms with van der Waals surface area (Å²) in [4.78, 5) is 67.2. The van der Waals surface area contributed by atoms with Crippen LogP contribution in [0.1, 0.15) is 44.1 Å². The Morgan fingerprint density at radius 3 is 2.30 bits per heavy atom. The van der Waals surface area contributed by atoms with Gasteiger partial charge in [0, 0.05) is 19.5 Å². The Kier molecular flexibility index (Phi) is 12.1. The molecule has 1 heterocycles. The van der Waals surface area contributed by atoms with Crippen LogP contribution in [0.4, 0.5) is 0 Å². The summed E-state index contributed by atoms with van der Waals surface area (Å²) in [5.41, 5.74) is 17.2. The Hall–Kier alpha value is -4.40. The number of aliphatic carboxylic acids is 2. The number of aliphatic imine (C=N–C) groups is 1. The van der Waals surface area contributed by atoms with E-state index >= 15 is 0 Å². The minimum absolute atomic E-state index is 0.0472. The van der Waals surface area contributed by atoms with Crippen molar-refractivity contribution in [3.05, 3.63) is 29.8 Å². The normalized spacial score (nSPS) is 16.8. The molecule has 1 aromatic carbocycles. The molecule has 40 heavy (non-hydrogen) atoms. The molecule has 15 heteroatoms. The van der Waals surface area contributed by atoms with Crippen molar-refractivity contribution in [3.8, 4) is 5.75 Å². The Balaban J connectivity index is 2.09. The number of carboxylic acids is 2. The van der Waals surface area contributed by atoms with Crippen molar-refractivity contribution in [2.75, 3.05) is 13.1 Å². The van der Waals surface area contributed by atoms with Crippen LogP contribution in [0.2, 0.25) is 0 Å². The van der Waals surface area contributed by atoms with E-state index in [1.165, 1.54) is 17.0 Å². The molecule has 0 aliphatic carbocycles. The standard InChI is InChI=1S/C25H37N7O8/c26-16(13-14-5-7-15(33)8-6-14)21(36)30-17(9-10-20(34)35)23(38)32-12-2-4-19(32)22(37)31-18(24(39)40)3-1-11-29-25(27)28/h5-8,16-19,33H,1-4,9-13,26H2,(H,30,36)(H,31,37)(H,34,35)(H,39,40)(H4,27,28,29). The predicted molar refractivity (Wildman–Crippen MR) is 143 cm³/mol. The van der Waals surface area contributed by atoms with Crippen LogP contribution in [0.5, 0.6) is 5.75 Å². The number of aromatic hydroxyl groups is 1. The summed E-state index contributed by atoms with van der Waals surface area (Å²) in [7, 11) is 0. The third kappa shape index (κ3) is 10.1. The second-order valence-electron chi connectivity index (χ2n) is 9.51. The lowest BCUT2D eigenvalue weighted by atomic mass is 10.0. The van der Waals surface area contributed by atoms with Gasteiger partial charge in [-0.3, -0.25) is 24.2 Å². The number of nitrogens with one attached hydrogen (secondary N) is 2. The van der Waals surface area contributed by atoms with Gasteiger partial charge < -0.3 is 48.1 Å². The molecule has 220 valence electrons. The van der Waals surface area contributed by atoms with Crippen LogP contribution in [0.3, 0.4) is 0 Å². The van der Waals surface area contributed by atoms with Crippen molar-refractivity contribution in [1.82, 2.24) is 15.5 Å². The number of phenols is 1. The van der Waals surface area contributed by atoms with Gasteiger partial charge in [-0.2, -0.15) is 0 Å². The molecule has 1 aromatic rings. The third-order valence-corrected chi connectivity index (χ3v) is 6.39. The zero-order valence-electron chi connectivity index (χ0n) is 22.0. The number of phenolic OH excluding ortho intramolecular Hbond substituents is 1. The molecule has 0 bridgehead atoms. The van der Waals surface area contributed by atoms with Gasteiger partial charge in [0.15, 0.2) is 5.96 Å². The van der Waals surface area contributed by atoms with E-state index in [0.717, 1.165) is 0 Å². The number of carbonyl (C=O) groups is 5. The Labute approximate surface area is 230 Å². The van der Waals surface area contributed by atoms with E-state index in [9.17, 15) is 34.2 Å². The highest BCUT2D eigenvalue weighted by molar-refractivity contribution is 5.94. The number of rotatable bonds is 15. The topological polar surface area (TPSA) is 264 Å². The first-order valence-corrected chi connectivity index (χ1v) is 12.8. The molecule has 4 atom stereocenters. The highest BCUT2D eigenvalue weighted by Crippen LogP contribution is 2.20. The molecule has 15 nitrogen and oxygen atoms in total. The first-order valence-electron chi connectivity index (χ1n) is 12.8. The van der Waals surface area contributed by atoms with Gasteiger partial charge in [-0.15, -0.1) is 0 Å². The molecule has 2 rings (SSSR count). The van der Waals surface area contributed by atoms with Gasteiger partial charge >= 0.3 is 11.9 Å². The quantitative estimate of drug-likeness (QED) is 0.0672. The van der Waals surface area contributed by atoms with Gasteiger partial charge in [0.25, 0.3) is 0 Å². The smallest absolute Gasteiger partial charge is 0.326 e. The van der Waals surface area contributed by atoms with E-state index in [2.05, 4.69) is 15.6 Å². The summed E-state index contributed by atoms with van der Waals surface area (Å²) in [5.74, 6) is -4.56. The molecule has 0 spiro atoms. The number of benzene rings is 1. The summed E-state index contributed by atoms with van der Waals surface area (Å²) in [6, 6.07) is 1.49. The predicted octanol–water partition coefficient (Wildman–Crippen LogP) is -1.77.